The fraction of sp³-hybridized carbons (Fsp3) is 1.00. The number of aliphatic hydroxyl groups excluding tert-OH is 1. The van der Waals surface area contributed by atoms with Crippen LogP contribution < -0.4 is 5.73 Å². The van der Waals surface area contributed by atoms with Gasteiger partial charge in [-0.25, -0.2) is 0 Å². The highest BCUT2D eigenvalue weighted by Crippen LogP contribution is 2.04. The second kappa shape index (κ2) is 4.96. The molecule has 0 bridgehead atoms. The van der Waals surface area contributed by atoms with E-state index in [1.165, 1.54) is 0 Å². The Morgan fingerprint density at radius 3 is 2.50 bits per heavy atom. The molecule has 0 aliphatic rings. The number of aliphatic hydroxyl groups is 1. The van der Waals surface area contributed by atoms with Gasteiger partial charge in [-0.15, -0.1) is 0 Å². The average Bonchev–Trinajstić information content (AvgIpc) is 1.87. The predicted octanol–water partition coefficient (Wildman–Crippen LogP) is -0.361. The van der Waals surface area contributed by atoms with Crippen LogP contribution in [0, 0.1) is 0 Å². The Hall–Kier alpha value is 0.230. The van der Waals surface area contributed by atoms with Gasteiger partial charge >= 0.3 is 0 Å². The number of hydrogen-bond acceptors (Lipinski definition) is 4. The molecular formula is C6H15NO2S. The normalized spacial score (nSPS) is 20.1. The summed E-state index contributed by atoms with van der Waals surface area (Å²) in [6, 6.07) is -0.252. The van der Waals surface area contributed by atoms with Crippen LogP contribution in [0.3, 0.4) is 0 Å². The van der Waals surface area contributed by atoms with E-state index >= 15 is 0 Å². The highest BCUT2D eigenvalue weighted by atomic mass is 32.1. The molecule has 3 N–H and O–H groups in total. The molecule has 0 aromatic rings. The third-order valence-electron chi connectivity index (χ3n) is 1.27. The van der Waals surface area contributed by atoms with Crippen molar-refractivity contribution in [1.82, 2.24) is 0 Å². The lowest BCUT2D eigenvalue weighted by molar-refractivity contribution is 0.103. The number of thiol groups is 1. The summed E-state index contributed by atoms with van der Waals surface area (Å²) in [6.45, 7) is 2.16. The summed E-state index contributed by atoms with van der Waals surface area (Å²) in [5, 5.41) is 9.05. The Balaban J connectivity index is 3.58. The van der Waals surface area contributed by atoms with Crippen LogP contribution >= 0.6 is 12.6 Å². The van der Waals surface area contributed by atoms with Gasteiger partial charge in [0.25, 0.3) is 0 Å². The Morgan fingerprint density at radius 2 is 2.20 bits per heavy atom. The average molecular weight is 165 g/mol. The summed E-state index contributed by atoms with van der Waals surface area (Å²) in [7, 11) is 1.57. The van der Waals surface area contributed by atoms with E-state index in [1.807, 2.05) is 0 Å². The Labute approximate surface area is 67.0 Å². The molecule has 0 rings (SSSR count). The molecule has 0 radical (unpaired) electrons. The first-order chi connectivity index (χ1) is 4.59. The van der Waals surface area contributed by atoms with E-state index < -0.39 is 6.10 Å². The van der Waals surface area contributed by atoms with Crippen LogP contribution in [0.5, 0.6) is 0 Å². The van der Waals surface area contributed by atoms with Crippen molar-refractivity contribution in [2.75, 3.05) is 13.7 Å². The maximum Gasteiger partial charge on any atom is 0.0826 e. The smallest absolute Gasteiger partial charge is 0.0826 e. The number of rotatable bonds is 4. The predicted molar refractivity (Wildman–Crippen MR) is 44.3 cm³/mol. The van der Waals surface area contributed by atoms with Crippen molar-refractivity contribution in [3.63, 3.8) is 0 Å². The van der Waals surface area contributed by atoms with E-state index in [4.69, 9.17) is 10.5 Å². The molecule has 10 heavy (non-hydrogen) atoms. The fourth-order valence-electron chi connectivity index (χ4n) is 0.620. The van der Waals surface area contributed by atoms with Crippen molar-refractivity contribution in [2.45, 2.75) is 24.3 Å². The molecule has 0 aliphatic carbocycles. The van der Waals surface area contributed by atoms with E-state index in [0.717, 1.165) is 0 Å². The van der Waals surface area contributed by atoms with Crippen LogP contribution in [0.15, 0.2) is 0 Å². The topological polar surface area (TPSA) is 55.5 Å². The minimum atomic E-state index is -0.594. The van der Waals surface area contributed by atoms with Crippen LogP contribution in [0.25, 0.3) is 0 Å². The maximum atomic E-state index is 9.24. The lowest BCUT2D eigenvalue weighted by Crippen LogP contribution is -2.40. The summed E-state index contributed by atoms with van der Waals surface area (Å²) in [5.74, 6) is 0. The number of ether oxygens (including phenoxy) is 1. The molecule has 62 valence electrons. The van der Waals surface area contributed by atoms with Crippen LogP contribution in [0.2, 0.25) is 0 Å². The first kappa shape index (κ1) is 10.2. The van der Waals surface area contributed by atoms with Gasteiger partial charge < -0.3 is 15.6 Å². The lowest BCUT2D eigenvalue weighted by atomic mass is 10.1. The Bertz CT molecular complexity index is 89.8. The summed E-state index contributed by atoms with van der Waals surface area (Å²) in [5.41, 5.74) is 5.41. The second-order valence-corrected chi connectivity index (χ2v) is 3.04. The van der Waals surface area contributed by atoms with E-state index in [1.54, 1.807) is 14.0 Å². The molecule has 0 saturated carbocycles. The summed E-state index contributed by atoms with van der Waals surface area (Å²) >= 11 is 4.09. The molecule has 3 unspecified atom stereocenters. The highest BCUT2D eigenvalue weighted by Gasteiger charge is 2.18. The van der Waals surface area contributed by atoms with Crippen LogP contribution in [0.4, 0.5) is 0 Å². The van der Waals surface area contributed by atoms with Gasteiger partial charge in [0.1, 0.15) is 0 Å². The van der Waals surface area contributed by atoms with E-state index in [-0.39, 0.29) is 11.3 Å². The zero-order valence-electron chi connectivity index (χ0n) is 6.32. The molecule has 0 heterocycles. The third-order valence-corrected chi connectivity index (χ3v) is 1.72. The first-order valence-electron chi connectivity index (χ1n) is 3.20. The molecule has 0 aromatic heterocycles. The Morgan fingerprint density at radius 1 is 1.70 bits per heavy atom. The van der Waals surface area contributed by atoms with Gasteiger partial charge in [0.2, 0.25) is 0 Å². The molecule has 0 amide bonds. The molecule has 0 aliphatic heterocycles. The number of methoxy groups -OCH3 is 1. The van der Waals surface area contributed by atoms with Crippen molar-refractivity contribution in [3.8, 4) is 0 Å². The minimum Gasteiger partial charge on any atom is -0.390 e. The van der Waals surface area contributed by atoms with Crippen LogP contribution in [-0.2, 0) is 4.74 Å². The number of nitrogens with two attached hydrogens (primary N) is 1. The molecule has 3 nitrogen and oxygen atoms in total. The van der Waals surface area contributed by atoms with Crippen LogP contribution in [-0.4, -0.2) is 36.2 Å². The fourth-order valence-corrected chi connectivity index (χ4v) is 1.04. The molecule has 0 aromatic carbocycles. The Kier molecular flexibility index (Phi) is 5.07. The first-order valence-corrected chi connectivity index (χ1v) is 3.72. The second-order valence-electron chi connectivity index (χ2n) is 2.37. The van der Waals surface area contributed by atoms with Gasteiger partial charge in [-0.1, -0.05) is 0 Å². The SMILES string of the molecule is COCC(S)C(O)C(C)N. The summed E-state index contributed by atoms with van der Waals surface area (Å²) in [4.78, 5) is 0. The van der Waals surface area contributed by atoms with Crippen molar-refractivity contribution < 1.29 is 9.84 Å². The van der Waals surface area contributed by atoms with Gasteiger partial charge in [-0.2, -0.15) is 12.6 Å². The van der Waals surface area contributed by atoms with Gasteiger partial charge in [0.05, 0.1) is 18.0 Å². The molecule has 0 saturated heterocycles. The van der Waals surface area contributed by atoms with Crippen molar-refractivity contribution in [1.29, 1.82) is 0 Å². The van der Waals surface area contributed by atoms with Gasteiger partial charge in [-0.3, -0.25) is 0 Å². The van der Waals surface area contributed by atoms with E-state index in [0.29, 0.717) is 6.61 Å². The standard InChI is InChI=1S/C6H15NO2S/c1-4(7)6(8)5(10)3-9-2/h4-6,8,10H,3,7H2,1-2H3. The molecular weight excluding hydrogens is 150 g/mol. The van der Waals surface area contributed by atoms with Crippen LogP contribution in [0.1, 0.15) is 6.92 Å². The van der Waals surface area contributed by atoms with Crippen molar-refractivity contribution >= 4 is 12.6 Å². The highest BCUT2D eigenvalue weighted by molar-refractivity contribution is 7.81. The number of hydrogen-bond donors (Lipinski definition) is 3. The molecule has 3 atom stereocenters. The monoisotopic (exact) mass is 165 g/mol. The largest absolute Gasteiger partial charge is 0.390 e. The zero-order valence-corrected chi connectivity index (χ0v) is 7.21. The molecule has 0 spiro atoms. The maximum absolute atomic E-state index is 9.24. The summed E-state index contributed by atoms with van der Waals surface area (Å²) < 4.78 is 4.78. The minimum absolute atomic E-state index is 0.190. The zero-order chi connectivity index (χ0) is 8.15. The van der Waals surface area contributed by atoms with E-state index in [2.05, 4.69) is 12.6 Å². The lowest BCUT2D eigenvalue weighted by Gasteiger charge is -2.20. The quantitative estimate of drug-likeness (QED) is 0.499. The van der Waals surface area contributed by atoms with E-state index in [9.17, 15) is 5.11 Å². The van der Waals surface area contributed by atoms with Crippen molar-refractivity contribution in [3.05, 3.63) is 0 Å². The van der Waals surface area contributed by atoms with Gasteiger partial charge in [-0.05, 0) is 6.92 Å². The molecule has 4 heteroatoms. The third kappa shape index (κ3) is 3.41. The van der Waals surface area contributed by atoms with Gasteiger partial charge in [0.15, 0.2) is 0 Å². The summed E-state index contributed by atoms with van der Waals surface area (Å²) in [6.07, 6.45) is -0.594. The van der Waals surface area contributed by atoms with Crippen molar-refractivity contribution in [2.24, 2.45) is 5.73 Å². The molecule has 0 fully saturated rings. The van der Waals surface area contributed by atoms with Gasteiger partial charge in [0, 0.05) is 13.2 Å².